The minimum Gasteiger partial charge on any atom is -0.462 e. The Morgan fingerprint density at radius 2 is 0.597 bits per heavy atom. The minimum absolute atomic E-state index is 0.0942. The molecule has 0 aromatic rings. The molecule has 0 aliphatic carbocycles. The van der Waals surface area contributed by atoms with Gasteiger partial charge in [0.05, 0.1) is 0 Å². The van der Waals surface area contributed by atoms with Gasteiger partial charge in [-0.1, -0.05) is 255 Å². The van der Waals surface area contributed by atoms with Gasteiger partial charge in [-0.15, -0.1) is 0 Å². The van der Waals surface area contributed by atoms with Crippen molar-refractivity contribution in [1.29, 1.82) is 0 Å². The van der Waals surface area contributed by atoms with Crippen LogP contribution < -0.4 is 0 Å². The number of carbonyl (C=O) groups excluding carboxylic acids is 3. The SMILES string of the molecule is CC/C=C\C/C=C\CCCCCCCCCC(=O)OCC(COC(=O)CCCCCCCCCCCCCCCCCCCC)OC(=O)CCC/C=C\C/C=C\C/C=C\CCCCCCCC. The van der Waals surface area contributed by atoms with Crippen LogP contribution in [0.3, 0.4) is 0 Å². The summed E-state index contributed by atoms with van der Waals surface area (Å²) >= 11 is 0. The van der Waals surface area contributed by atoms with E-state index in [1.807, 2.05) is 0 Å². The zero-order chi connectivity index (χ0) is 48.6. The van der Waals surface area contributed by atoms with Gasteiger partial charge in [0.25, 0.3) is 0 Å². The summed E-state index contributed by atoms with van der Waals surface area (Å²) in [6.45, 7) is 6.51. The Balaban J connectivity index is 4.42. The number of hydrogen-bond donors (Lipinski definition) is 0. The average molecular weight is 938 g/mol. The smallest absolute Gasteiger partial charge is 0.306 e. The van der Waals surface area contributed by atoms with Gasteiger partial charge >= 0.3 is 17.9 Å². The lowest BCUT2D eigenvalue weighted by atomic mass is 10.0. The molecule has 0 saturated carbocycles. The molecule has 0 spiro atoms. The van der Waals surface area contributed by atoms with Crippen molar-refractivity contribution in [2.75, 3.05) is 13.2 Å². The second kappa shape index (κ2) is 55.7. The third-order valence-electron chi connectivity index (χ3n) is 12.5. The number of allylic oxidation sites excluding steroid dienone is 10. The van der Waals surface area contributed by atoms with E-state index in [0.717, 1.165) is 77.0 Å². The lowest BCUT2D eigenvalue weighted by Gasteiger charge is -2.18. The molecule has 0 aliphatic heterocycles. The van der Waals surface area contributed by atoms with Crippen LogP contribution in [0.4, 0.5) is 0 Å². The Labute approximate surface area is 415 Å². The van der Waals surface area contributed by atoms with Crippen LogP contribution in [0.2, 0.25) is 0 Å². The highest BCUT2D eigenvalue weighted by Gasteiger charge is 2.19. The first kappa shape index (κ1) is 64.1. The van der Waals surface area contributed by atoms with Crippen LogP contribution in [0.5, 0.6) is 0 Å². The van der Waals surface area contributed by atoms with Crippen molar-refractivity contribution >= 4 is 17.9 Å². The van der Waals surface area contributed by atoms with Crippen molar-refractivity contribution in [3.63, 3.8) is 0 Å². The predicted molar refractivity (Wildman–Crippen MR) is 288 cm³/mol. The standard InChI is InChI=1S/C61H108O6/c1-4-7-10-13-16-19-22-25-28-30-32-33-36-39-42-45-48-51-54-60(63)66-57-58(56-65-59(62)53-50-47-44-41-38-35-27-24-21-18-15-12-9-6-3)67-61(64)55-52-49-46-43-40-37-34-31-29-26-23-20-17-14-11-8-5-2/h9,12,18,21,26,29,34,37,43,46,58H,4-8,10-11,13-17,19-20,22-25,27-28,30-33,35-36,38-42,44-45,47-57H2,1-3H3/b12-9-,21-18-,29-26-,37-34-,46-43-. The summed E-state index contributed by atoms with van der Waals surface area (Å²) in [6.07, 6.45) is 69.3. The topological polar surface area (TPSA) is 78.9 Å². The molecule has 0 fully saturated rings. The second-order valence-corrected chi connectivity index (χ2v) is 19.2. The molecule has 0 aromatic carbocycles. The molecule has 0 radical (unpaired) electrons. The summed E-state index contributed by atoms with van der Waals surface area (Å²) in [6, 6.07) is 0. The first-order valence-electron chi connectivity index (χ1n) is 28.8. The maximum absolute atomic E-state index is 12.8. The van der Waals surface area contributed by atoms with E-state index >= 15 is 0 Å². The van der Waals surface area contributed by atoms with E-state index in [9.17, 15) is 14.4 Å². The van der Waals surface area contributed by atoms with Crippen LogP contribution in [0, 0.1) is 0 Å². The van der Waals surface area contributed by atoms with E-state index in [-0.39, 0.29) is 37.5 Å². The maximum Gasteiger partial charge on any atom is 0.306 e. The molecule has 67 heavy (non-hydrogen) atoms. The normalized spacial score (nSPS) is 12.5. The van der Waals surface area contributed by atoms with Gasteiger partial charge in [0.15, 0.2) is 6.10 Å². The molecule has 1 unspecified atom stereocenters. The molecular weight excluding hydrogens is 829 g/mol. The van der Waals surface area contributed by atoms with Crippen molar-refractivity contribution < 1.29 is 28.6 Å². The zero-order valence-electron chi connectivity index (χ0n) is 44.4. The Morgan fingerprint density at radius 3 is 0.955 bits per heavy atom. The summed E-state index contributed by atoms with van der Waals surface area (Å²) in [7, 11) is 0. The first-order valence-corrected chi connectivity index (χ1v) is 28.8. The van der Waals surface area contributed by atoms with E-state index in [2.05, 4.69) is 81.5 Å². The van der Waals surface area contributed by atoms with E-state index in [4.69, 9.17) is 14.2 Å². The summed E-state index contributed by atoms with van der Waals surface area (Å²) in [4.78, 5) is 38.1. The highest BCUT2D eigenvalue weighted by molar-refractivity contribution is 5.71. The largest absolute Gasteiger partial charge is 0.462 e. The van der Waals surface area contributed by atoms with Crippen molar-refractivity contribution in [1.82, 2.24) is 0 Å². The number of carbonyl (C=O) groups is 3. The molecule has 388 valence electrons. The molecule has 0 N–H and O–H groups in total. The monoisotopic (exact) mass is 937 g/mol. The number of ether oxygens (including phenoxy) is 3. The molecule has 6 heteroatoms. The van der Waals surface area contributed by atoms with E-state index in [0.29, 0.717) is 19.3 Å². The van der Waals surface area contributed by atoms with Gasteiger partial charge in [0.2, 0.25) is 0 Å². The van der Waals surface area contributed by atoms with E-state index in [1.165, 1.54) is 167 Å². The number of rotatable bonds is 52. The minimum atomic E-state index is -0.802. The van der Waals surface area contributed by atoms with Gasteiger partial charge < -0.3 is 14.2 Å². The van der Waals surface area contributed by atoms with Crippen LogP contribution in [-0.4, -0.2) is 37.2 Å². The van der Waals surface area contributed by atoms with E-state index < -0.39 is 6.10 Å². The molecule has 0 aromatic heterocycles. The maximum atomic E-state index is 12.8. The van der Waals surface area contributed by atoms with Gasteiger partial charge in [-0.05, 0) is 77.0 Å². The second-order valence-electron chi connectivity index (χ2n) is 19.2. The van der Waals surface area contributed by atoms with Crippen LogP contribution in [0.15, 0.2) is 60.8 Å². The van der Waals surface area contributed by atoms with Crippen molar-refractivity contribution in [2.45, 2.75) is 297 Å². The highest BCUT2D eigenvalue weighted by Crippen LogP contribution is 2.16. The summed E-state index contributed by atoms with van der Waals surface area (Å²) in [5, 5.41) is 0. The quantitative estimate of drug-likeness (QED) is 0.0262. The fourth-order valence-corrected chi connectivity index (χ4v) is 8.20. The lowest BCUT2D eigenvalue weighted by molar-refractivity contribution is -0.167. The molecule has 0 saturated heterocycles. The molecule has 6 nitrogen and oxygen atoms in total. The predicted octanol–water partition coefficient (Wildman–Crippen LogP) is 19.2. The van der Waals surface area contributed by atoms with Gasteiger partial charge in [-0.25, -0.2) is 0 Å². The zero-order valence-corrected chi connectivity index (χ0v) is 44.4. The van der Waals surface area contributed by atoms with E-state index in [1.54, 1.807) is 0 Å². The van der Waals surface area contributed by atoms with Crippen LogP contribution >= 0.6 is 0 Å². The van der Waals surface area contributed by atoms with Crippen LogP contribution in [0.25, 0.3) is 0 Å². The number of esters is 3. The Morgan fingerprint density at radius 1 is 0.313 bits per heavy atom. The molecule has 0 bridgehead atoms. The van der Waals surface area contributed by atoms with Crippen LogP contribution in [0.1, 0.15) is 290 Å². The fourth-order valence-electron chi connectivity index (χ4n) is 8.20. The van der Waals surface area contributed by atoms with Gasteiger partial charge in [0, 0.05) is 19.3 Å². The molecule has 0 amide bonds. The number of unbranched alkanes of at least 4 members (excludes halogenated alkanes) is 31. The summed E-state index contributed by atoms with van der Waals surface area (Å²) < 4.78 is 16.8. The van der Waals surface area contributed by atoms with Crippen molar-refractivity contribution in [3.05, 3.63) is 60.8 Å². The molecule has 1 atom stereocenters. The Hall–Kier alpha value is -2.89. The Kier molecular flexibility index (Phi) is 53.3. The fraction of sp³-hybridized carbons (Fsp3) is 0.787. The average Bonchev–Trinajstić information content (AvgIpc) is 3.33. The van der Waals surface area contributed by atoms with Gasteiger partial charge in [0.1, 0.15) is 13.2 Å². The van der Waals surface area contributed by atoms with Crippen molar-refractivity contribution in [3.8, 4) is 0 Å². The first-order chi connectivity index (χ1) is 33.0. The Bertz CT molecular complexity index is 1210. The molecule has 0 rings (SSSR count). The molecule has 0 heterocycles. The third-order valence-corrected chi connectivity index (χ3v) is 12.5. The van der Waals surface area contributed by atoms with Crippen molar-refractivity contribution in [2.24, 2.45) is 0 Å². The molecule has 0 aliphatic rings. The molecular formula is C61H108O6. The van der Waals surface area contributed by atoms with Gasteiger partial charge in [-0.2, -0.15) is 0 Å². The third kappa shape index (κ3) is 53.9. The lowest BCUT2D eigenvalue weighted by Crippen LogP contribution is -2.30. The van der Waals surface area contributed by atoms with Gasteiger partial charge in [-0.3, -0.25) is 14.4 Å². The highest BCUT2D eigenvalue weighted by atomic mass is 16.6. The summed E-state index contributed by atoms with van der Waals surface area (Å²) in [5.41, 5.74) is 0. The van der Waals surface area contributed by atoms with Crippen LogP contribution in [-0.2, 0) is 28.6 Å². The number of hydrogen-bond acceptors (Lipinski definition) is 6. The summed E-state index contributed by atoms with van der Waals surface area (Å²) in [5.74, 6) is -0.944.